The molecule has 0 spiro atoms. The first-order valence-electron chi connectivity index (χ1n) is 4.50. The Kier molecular flexibility index (Phi) is 4.05. The molecule has 0 saturated carbocycles. The number of nitrogens with one attached hydrogen (secondary N) is 1. The van der Waals surface area contributed by atoms with Gasteiger partial charge in [0.15, 0.2) is 5.76 Å². The number of carbonyl (C=O) groups excluding carboxylic acids is 2. The van der Waals surface area contributed by atoms with Crippen LogP contribution < -0.4 is 5.32 Å². The second kappa shape index (κ2) is 5.31. The second-order valence-corrected chi connectivity index (χ2v) is 2.96. The molecule has 82 valence electrons. The van der Waals surface area contributed by atoms with Gasteiger partial charge in [-0.15, -0.1) is 0 Å². The van der Waals surface area contributed by atoms with E-state index >= 15 is 0 Å². The largest absolute Gasteiger partial charge is 0.469 e. The van der Waals surface area contributed by atoms with Crippen LogP contribution in [0.4, 0.5) is 0 Å². The normalized spacial score (nSPS) is 12.1. The maximum Gasteiger partial charge on any atom is 0.307 e. The third kappa shape index (κ3) is 2.92. The molecule has 0 saturated heterocycles. The van der Waals surface area contributed by atoms with Crippen molar-refractivity contribution in [1.82, 2.24) is 5.32 Å². The number of esters is 1. The van der Waals surface area contributed by atoms with Gasteiger partial charge in [0.2, 0.25) is 5.78 Å². The van der Waals surface area contributed by atoms with E-state index in [1.165, 1.54) is 13.4 Å². The maximum atomic E-state index is 11.7. The van der Waals surface area contributed by atoms with Crippen LogP contribution in [0.25, 0.3) is 0 Å². The first-order valence-corrected chi connectivity index (χ1v) is 4.50. The summed E-state index contributed by atoms with van der Waals surface area (Å²) in [5.74, 6) is -0.458. The average molecular weight is 211 g/mol. The minimum absolute atomic E-state index is 0.00741. The van der Waals surface area contributed by atoms with E-state index in [1.807, 2.05) is 0 Å². The van der Waals surface area contributed by atoms with Gasteiger partial charge in [-0.3, -0.25) is 9.59 Å². The third-order valence-corrected chi connectivity index (χ3v) is 2.03. The van der Waals surface area contributed by atoms with E-state index in [9.17, 15) is 9.59 Å². The predicted octanol–water partition coefficient (Wildman–Crippen LogP) is 0.613. The molecular formula is C10H13NO4. The number of carbonyl (C=O) groups is 2. The van der Waals surface area contributed by atoms with Crippen LogP contribution >= 0.6 is 0 Å². The topological polar surface area (TPSA) is 68.5 Å². The van der Waals surface area contributed by atoms with Crippen molar-refractivity contribution < 1.29 is 18.7 Å². The SMILES string of the molecule is CNC(CC(=O)OC)C(=O)c1ccco1. The Morgan fingerprint density at radius 3 is 2.80 bits per heavy atom. The van der Waals surface area contributed by atoms with Gasteiger partial charge in [-0.05, 0) is 19.2 Å². The number of Topliss-reactive ketones (excluding diaryl/α,β-unsaturated/α-hetero) is 1. The van der Waals surface area contributed by atoms with E-state index < -0.39 is 12.0 Å². The number of ketones is 1. The highest BCUT2D eigenvalue weighted by Crippen LogP contribution is 2.07. The molecule has 0 amide bonds. The molecule has 0 radical (unpaired) electrons. The Hall–Kier alpha value is -1.62. The van der Waals surface area contributed by atoms with Crippen molar-refractivity contribution in [3.63, 3.8) is 0 Å². The highest BCUT2D eigenvalue weighted by Gasteiger charge is 2.23. The average Bonchev–Trinajstić information content (AvgIpc) is 2.77. The first-order chi connectivity index (χ1) is 7.19. The van der Waals surface area contributed by atoms with Crippen molar-refractivity contribution >= 4 is 11.8 Å². The molecule has 0 fully saturated rings. The van der Waals surface area contributed by atoms with Crippen molar-refractivity contribution in [3.05, 3.63) is 24.2 Å². The molecule has 1 aromatic rings. The zero-order valence-corrected chi connectivity index (χ0v) is 8.65. The Balaban J connectivity index is 2.67. The lowest BCUT2D eigenvalue weighted by atomic mass is 10.1. The Bertz CT molecular complexity index is 331. The standard InChI is InChI=1S/C10H13NO4/c1-11-7(6-9(12)14-2)10(13)8-4-3-5-15-8/h3-5,7,11H,6H2,1-2H3. The predicted molar refractivity (Wildman–Crippen MR) is 52.5 cm³/mol. The zero-order valence-electron chi connectivity index (χ0n) is 8.65. The van der Waals surface area contributed by atoms with E-state index in [2.05, 4.69) is 10.1 Å². The van der Waals surface area contributed by atoms with Crippen LogP contribution in [0, 0.1) is 0 Å². The fourth-order valence-corrected chi connectivity index (χ4v) is 1.17. The third-order valence-electron chi connectivity index (χ3n) is 2.03. The van der Waals surface area contributed by atoms with Crippen molar-refractivity contribution in [2.45, 2.75) is 12.5 Å². The minimum atomic E-state index is -0.608. The number of hydrogen-bond acceptors (Lipinski definition) is 5. The summed E-state index contributed by atoms with van der Waals surface area (Å²) in [4.78, 5) is 22.7. The van der Waals surface area contributed by atoms with Gasteiger partial charge in [0.25, 0.3) is 0 Å². The minimum Gasteiger partial charge on any atom is -0.469 e. The molecule has 15 heavy (non-hydrogen) atoms. The summed E-state index contributed by atoms with van der Waals surface area (Å²) in [7, 11) is 2.89. The molecule has 1 rings (SSSR count). The summed E-state index contributed by atoms with van der Waals surface area (Å²) in [6.07, 6.45) is 1.41. The van der Waals surface area contributed by atoms with Gasteiger partial charge in [-0.25, -0.2) is 0 Å². The molecule has 0 aliphatic rings. The first kappa shape index (κ1) is 11.5. The Morgan fingerprint density at radius 1 is 1.60 bits per heavy atom. The van der Waals surface area contributed by atoms with Crippen LogP contribution in [0.2, 0.25) is 0 Å². The lowest BCUT2D eigenvalue weighted by molar-refractivity contribution is -0.140. The molecule has 1 heterocycles. The smallest absolute Gasteiger partial charge is 0.307 e. The van der Waals surface area contributed by atoms with Crippen molar-refractivity contribution in [1.29, 1.82) is 0 Å². The Morgan fingerprint density at radius 2 is 2.33 bits per heavy atom. The lowest BCUT2D eigenvalue weighted by Gasteiger charge is -2.11. The van der Waals surface area contributed by atoms with Gasteiger partial charge < -0.3 is 14.5 Å². The molecule has 0 aromatic carbocycles. The maximum absolute atomic E-state index is 11.7. The van der Waals surface area contributed by atoms with Crippen LogP contribution in [-0.4, -0.2) is 32.0 Å². The molecule has 1 aromatic heterocycles. The highest BCUT2D eigenvalue weighted by atomic mass is 16.5. The number of rotatable bonds is 5. The molecule has 1 N–H and O–H groups in total. The number of methoxy groups -OCH3 is 1. The van der Waals surface area contributed by atoms with Gasteiger partial charge in [-0.2, -0.15) is 0 Å². The second-order valence-electron chi connectivity index (χ2n) is 2.96. The molecule has 0 aliphatic carbocycles. The van der Waals surface area contributed by atoms with Crippen molar-refractivity contribution in [2.24, 2.45) is 0 Å². The summed E-state index contributed by atoms with van der Waals surface area (Å²) in [6, 6.07) is 2.57. The lowest BCUT2D eigenvalue weighted by Crippen LogP contribution is -2.36. The summed E-state index contributed by atoms with van der Waals surface area (Å²) < 4.78 is 9.44. The van der Waals surface area contributed by atoms with Crippen LogP contribution in [-0.2, 0) is 9.53 Å². The molecule has 5 heteroatoms. The number of furan rings is 1. The molecule has 0 aliphatic heterocycles. The van der Waals surface area contributed by atoms with E-state index in [-0.39, 0.29) is 18.0 Å². The van der Waals surface area contributed by atoms with Gasteiger partial charge >= 0.3 is 5.97 Å². The number of ether oxygens (including phenoxy) is 1. The quantitative estimate of drug-likeness (QED) is 0.571. The van der Waals surface area contributed by atoms with Gasteiger partial charge in [0, 0.05) is 0 Å². The van der Waals surface area contributed by atoms with E-state index in [0.29, 0.717) is 0 Å². The van der Waals surface area contributed by atoms with Crippen LogP contribution in [0.15, 0.2) is 22.8 Å². The van der Waals surface area contributed by atoms with E-state index in [0.717, 1.165) is 0 Å². The Labute approximate surface area is 87.4 Å². The highest BCUT2D eigenvalue weighted by molar-refractivity contribution is 5.99. The summed E-state index contributed by atoms with van der Waals surface area (Å²) in [5, 5.41) is 2.74. The monoisotopic (exact) mass is 211 g/mol. The van der Waals surface area contributed by atoms with Crippen LogP contribution in [0.1, 0.15) is 17.0 Å². The van der Waals surface area contributed by atoms with Crippen LogP contribution in [0.3, 0.4) is 0 Å². The summed E-state index contributed by atoms with van der Waals surface area (Å²) in [6.45, 7) is 0. The van der Waals surface area contributed by atoms with Gasteiger partial charge in [-0.1, -0.05) is 0 Å². The van der Waals surface area contributed by atoms with E-state index in [1.54, 1.807) is 19.2 Å². The summed E-state index contributed by atoms with van der Waals surface area (Å²) in [5.41, 5.74) is 0. The molecule has 5 nitrogen and oxygen atoms in total. The molecular weight excluding hydrogens is 198 g/mol. The number of hydrogen-bond donors (Lipinski definition) is 1. The van der Waals surface area contributed by atoms with Crippen molar-refractivity contribution in [3.8, 4) is 0 Å². The molecule has 1 unspecified atom stereocenters. The van der Waals surface area contributed by atoms with E-state index in [4.69, 9.17) is 4.42 Å². The van der Waals surface area contributed by atoms with Gasteiger partial charge in [0.05, 0.1) is 25.8 Å². The van der Waals surface area contributed by atoms with Crippen molar-refractivity contribution in [2.75, 3.05) is 14.2 Å². The van der Waals surface area contributed by atoms with Crippen LogP contribution in [0.5, 0.6) is 0 Å². The van der Waals surface area contributed by atoms with Gasteiger partial charge in [0.1, 0.15) is 0 Å². The number of likely N-dealkylation sites (N-methyl/N-ethyl adjacent to an activating group) is 1. The summed E-state index contributed by atoms with van der Waals surface area (Å²) >= 11 is 0. The molecule has 0 bridgehead atoms. The fourth-order valence-electron chi connectivity index (χ4n) is 1.17. The fraction of sp³-hybridized carbons (Fsp3) is 0.400. The molecule has 1 atom stereocenters. The zero-order chi connectivity index (χ0) is 11.3.